The fraction of sp³-hybridized carbons (Fsp3) is 0.100. The van der Waals surface area contributed by atoms with Crippen LogP contribution in [0.15, 0.2) is 39.3 Å². The predicted octanol–water partition coefficient (Wildman–Crippen LogP) is 2.24. The van der Waals surface area contributed by atoms with Crippen LogP contribution in [0, 0.1) is 0 Å². The molecule has 2 rings (SSSR count). The van der Waals surface area contributed by atoms with Gasteiger partial charge >= 0.3 is 0 Å². The zero-order valence-corrected chi connectivity index (χ0v) is 10.8. The van der Waals surface area contributed by atoms with Crippen LogP contribution in [0.5, 0.6) is 0 Å². The fourth-order valence-electron chi connectivity index (χ4n) is 1.33. The summed E-state index contributed by atoms with van der Waals surface area (Å²) in [5.41, 5.74) is 0.962. The van der Waals surface area contributed by atoms with Crippen molar-refractivity contribution in [2.24, 2.45) is 0 Å². The Labute approximate surface area is 100 Å². The molecule has 0 amide bonds. The van der Waals surface area contributed by atoms with E-state index in [0.717, 1.165) is 26.9 Å². The lowest BCUT2D eigenvalue weighted by Gasteiger charge is -1.99. The maximum absolute atomic E-state index is 11.7. The van der Waals surface area contributed by atoms with Crippen molar-refractivity contribution in [2.75, 3.05) is 6.26 Å². The van der Waals surface area contributed by atoms with Gasteiger partial charge in [0.05, 0.1) is 5.56 Å². The van der Waals surface area contributed by atoms with Crippen LogP contribution in [-0.4, -0.2) is 14.7 Å². The minimum absolute atomic E-state index is 0.161. The van der Waals surface area contributed by atoms with E-state index >= 15 is 0 Å². The molecule has 0 spiro atoms. The molecule has 0 fully saturated rings. The molecule has 0 bridgehead atoms. The van der Waals surface area contributed by atoms with Crippen molar-refractivity contribution in [2.45, 2.75) is 4.21 Å². The molecule has 0 aliphatic carbocycles. The first-order chi connectivity index (χ1) is 7.50. The third-order valence-electron chi connectivity index (χ3n) is 2.00. The molecular weight excluding hydrogens is 264 g/mol. The molecule has 0 saturated heterocycles. The molecule has 1 aromatic carbocycles. The summed E-state index contributed by atoms with van der Waals surface area (Å²) in [4.78, 5) is 11.7. The maximum atomic E-state index is 11.7. The van der Waals surface area contributed by atoms with Gasteiger partial charge in [-0.05, 0) is 15.9 Å². The monoisotopic (exact) mass is 272 g/mol. The van der Waals surface area contributed by atoms with E-state index in [1.807, 2.05) is 6.07 Å². The van der Waals surface area contributed by atoms with Crippen LogP contribution in [0.4, 0.5) is 0 Å². The van der Waals surface area contributed by atoms with Crippen molar-refractivity contribution in [1.82, 2.24) is 0 Å². The lowest BCUT2D eigenvalue weighted by Crippen LogP contribution is -2.02. The standard InChI is InChI=1S/C10H8O3S3/c1-16(12,13)10-8(9(11)14-15-10)7-5-3-2-4-6-7/h2-6H,1H3. The van der Waals surface area contributed by atoms with Gasteiger partial charge in [0.25, 0.3) is 4.74 Å². The van der Waals surface area contributed by atoms with E-state index in [1.165, 1.54) is 0 Å². The van der Waals surface area contributed by atoms with Crippen LogP contribution in [0.2, 0.25) is 0 Å². The molecule has 0 unspecified atom stereocenters. The van der Waals surface area contributed by atoms with E-state index in [0.29, 0.717) is 11.1 Å². The lowest BCUT2D eigenvalue weighted by atomic mass is 10.1. The largest absolute Gasteiger partial charge is 0.276 e. The quantitative estimate of drug-likeness (QED) is 0.788. The Hall–Kier alpha value is -0.980. The van der Waals surface area contributed by atoms with E-state index in [4.69, 9.17) is 0 Å². The van der Waals surface area contributed by atoms with Crippen LogP contribution in [0.3, 0.4) is 0 Å². The van der Waals surface area contributed by atoms with Gasteiger partial charge in [0.15, 0.2) is 9.84 Å². The lowest BCUT2D eigenvalue weighted by molar-refractivity contribution is 0.604. The predicted molar refractivity (Wildman–Crippen MR) is 67.0 cm³/mol. The van der Waals surface area contributed by atoms with Gasteiger partial charge in [-0.3, -0.25) is 4.79 Å². The first kappa shape index (κ1) is 11.5. The topological polar surface area (TPSA) is 51.2 Å². The Bertz CT molecular complexity index is 650. The summed E-state index contributed by atoms with van der Waals surface area (Å²) >= 11 is 0. The fourth-order valence-corrected chi connectivity index (χ4v) is 5.66. The summed E-state index contributed by atoms with van der Waals surface area (Å²) in [5, 5.41) is 0. The summed E-state index contributed by atoms with van der Waals surface area (Å²) in [5.74, 6) is 0. The van der Waals surface area contributed by atoms with Crippen LogP contribution in [0.25, 0.3) is 11.1 Å². The summed E-state index contributed by atoms with van der Waals surface area (Å²) in [7, 11) is -1.35. The molecule has 2 aromatic rings. The van der Waals surface area contributed by atoms with E-state index in [2.05, 4.69) is 0 Å². The highest BCUT2D eigenvalue weighted by molar-refractivity contribution is 7.95. The van der Waals surface area contributed by atoms with Crippen LogP contribution < -0.4 is 4.74 Å². The van der Waals surface area contributed by atoms with Gasteiger partial charge in [-0.1, -0.05) is 40.7 Å². The average Bonchev–Trinajstić information content (AvgIpc) is 2.61. The zero-order valence-electron chi connectivity index (χ0n) is 8.34. The molecule has 3 nitrogen and oxygen atoms in total. The average molecular weight is 272 g/mol. The number of rotatable bonds is 2. The zero-order chi connectivity index (χ0) is 11.8. The normalized spacial score (nSPS) is 11.6. The Kier molecular flexibility index (Phi) is 2.96. The minimum atomic E-state index is -3.33. The molecule has 0 N–H and O–H groups in total. The Morgan fingerprint density at radius 2 is 1.69 bits per heavy atom. The summed E-state index contributed by atoms with van der Waals surface area (Å²) in [6.45, 7) is 0. The minimum Gasteiger partial charge on any atom is -0.276 e. The number of sulfone groups is 1. The number of hydrogen-bond acceptors (Lipinski definition) is 5. The maximum Gasteiger partial charge on any atom is 0.252 e. The van der Waals surface area contributed by atoms with Crippen molar-refractivity contribution in [1.29, 1.82) is 0 Å². The molecular formula is C10H8O3S3. The van der Waals surface area contributed by atoms with Gasteiger partial charge in [-0.25, -0.2) is 8.42 Å². The third-order valence-corrected chi connectivity index (χ3v) is 6.35. The first-order valence-electron chi connectivity index (χ1n) is 4.39. The summed E-state index contributed by atoms with van der Waals surface area (Å²) in [6, 6.07) is 8.87. The summed E-state index contributed by atoms with van der Waals surface area (Å²) < 4.78 is 23.0. The second-order valence-corrected chi connectivity index (χ2v) is 7.58. The van der Waals surface area contributed by atoms with Gasteiger partial charge in [0.1, 0.15) is 4.21 Å². The Balaban J connectivity index is 2.76. The van der Waals surface area contributed by atoms with E-state index in [9.17, 15) is 13.2 Å². The number of hydrogen-bond donors (Lipinski definition) is 0. The molecule has 0 atom stereocenters. The third kappa shape index (κ3) is 2.09. The molecule has 0 aliphatic rings. The van der Waals surface area contributed by atoms with Gasteiger partial charge in [-0.2, -0.15) is 0 Å². The molecule has 0 radical (unpaired) electrons. The molecule has 1 aromatic heterocycles. The van der Waals surface area contributed by atoms with Crippen LogP contribution in [-0.2, 0) is 9.84 Å². The van der Waals surface area contributed by atoms with Crippen molar-refractivity contribution in [3.05, 3.63) is 39.9 Å². The highest BCUT2D eigenvalue weighted by atomic mass is 32.9. The van der Waals surface area contributed by atoms with E-state index in [-0.39, 0.29) is 8.95 Å². The molecule has 84 valence electrons. The molecule has 1 heterocycles. The summed E-state index contributed by atoms with van der Waals surface area (Å²) in [6.07, 6.45) is 1.12. The first-order valence-corrected chi connectivity index (χ1v) is 8.43. The van der Waals surface area contributed by atoms with Crippen molar-refractivity contribution < 1.29 is 8.42 Å². The molecule has 16 heavy (non-hydrogen) atoms. The van der Waals surface area contributed by atoms with Crippen LogP contribution >= 0.6 is 20.7 Å². The second kappa shape index (κ2) is 4.12. The van der Waals surface area contributed by atoms with Gasteiger partial charge in [0, 0.05) is 6.26 Å². The molecule has 0 saturated carbocycles. The van der Waals surface area contributed by atoms with Crippen molar-refractivity contribution in [3.63, 3.8) is 0 Å². The van der Waals surface area contributed by atoms with Crippen molar-refractivity contribution in [3.8, 4) is 11.1 Å². The SMILES string of the molecule is CS(=O)(=O)c1ssc(=O)c1-c1ccccc1. The van der Waals surface area contributed by atoms with Crippen molar-refractivity contribution >= 4 is 30.5 Å². The van der Waals surface area contributed by atoms with Gasteiger partial charge in [-0.15, -0.1) is 0 Å². The highest BCUT2D eigenvalue weighted by Gasteiger charge is 2.20. The van der Waals surface area contributed by atoms with E-state index in [1.54, 1.807) is 24.3 Å². The Morgan fingerprint density at radius 3 is 2.25 bits per heavy atom. The highest BCUT2D eigenvalue weighted by Crippen LogP contribution is 2.30. The van der Waals surface area contributed by atoms with Crippen LogP contribution in [0.1, 0.15) is 0 Å². The second-order valence-electron chi connectivity index (χ2n) is 3.25. The number of benzene rings is 1. The molecule has 0 aliphatic heterocycles. The van der Waals surface area contributed by atoms with E-state index < -0.39 is 9.84 Å². The van der Waals surface area contributed by atoms with Gasteiger partial charge in [0.2, 0.25) is 0 Å². The van der Waals surface area contributed by atoms with Gasteiger partial charge < -0.3 is 0 Å². The molecule has 6 heteroatoms. The smallest absolute Gasteiger partial charge is 0.252 e. The Morgan fingerprint density at radius 1 is 1.06 bits per heavy atom.